The molecular weight excluding hydrogens is 376 g/mol. The number of nitrogens with one attached hydrogen (secondary N) is 2. The van der Waals surface area contributed by atoms with E-state index in [1.54, 1.807) is 24.3 Å². The van der Waals surface area contributed by atoms with Crippen LogP contribution in [-0.4, -0.2) is 28.7 Å². The maximum Gasteiger partial charge on any atom is 0.269 e. The van der Waals surface area contributed by atoms with Crippen LogP contribution in [0.5, 0.6) is 0 Å². The van der Waals surface area contributed by atoms with Gasteiger partial charge in [0.15, 0.2) is 0 Å². The predicted octanol–water partition coefficient (Wildman–Crippen LogP) is 1.81. The number of rotatable bonds is 5. The van der Waals surface area contributed by atoms with Crippen LogP contribution >= 0.6 is 11.6 Å². The summed E-state index contributed by atoms with van der Waals surface area (Å²) in [5, 5.41) is 11.1. The average Bonchev–Trinajstić information content (AvgIpc) is 2.94. The maximum absolute atomic E-state index is 12.5. The fourth-order valence-electron chi connectivity index (χ4n) is 2.57. The number of benzene rings is 2. The van der Waals surface area contributed by atoms with Gasteiger partial charge < -0.3 is 0 Å². The van der Waals surface area contributed by atoms with Crippen LogP contribution in [-0.2, 0) is 9.59 Å². The first-order chi connectivity index (χ1) is 12.9. The molecule has 1 aliphatic heterocycles. The molecule has 3 amide bonds. The highest BCUT2D eigenvalue weighted by molar-refractivity contribution is 6.30. The van der Waals surface area contributed by atoms with Gasteiger partial charge in [-0.1, -0.05) is 11.6 Å². The first kappa shape index (κ1) is 18.5. The lowest BCUT2D eigenvalue weighted by Gasteiger charge is -2.16. The van der Waals surface area contributed by atoms with Crippen molar-refractivity contribution in [2.45, 2.75) is 12.5 Å². The first-order valence-electron chi connectivity index (χ1n) is 7.79. The van der Waals surface area contributed by atoms with Crippen molar-refractivity contribution in [1.82, 2.24) is 10.9 Å². The van der Waals surface area contributed by atoms with Crippen LogP contribution in [0, 0.1) is 10.1 Å². The molecule has 2 N–H and O–H groups in total. The Labute approximate surface area is 158 Å². The van der Waals surface area contributed by atoms with E-state index in [0.29, 0.717) is 10.7 Å². The third-order valence-electron chi connectivity index (χ3n) is 3.93. The molecule has 1 fully saturated rings. The fraction of sp³-hybridized carbons (Fsp3) is 0.118. The Bertz CT molecular complexity index is 914. The number of hydrazine groups is 1. The Morgan fingerprint density at radius 2 is 1.74 bits per heavy atom. The van der Waals surface area contributed by atoms with Gasteiger partial charge in [-0.2, -0.15) is 0 Å². The predicted molar refractivity (Wildman–Crippen MR) is 96.0 cm³/mol. The van der Waals surface area contributed by atoms with Gasteiger partial charge in [-0.3, -0.25) is 29.9 Å². The van der Waals surface area contributed by atoms with Crippen molar-refractivity contribution < 1.29 is 19.3 Å². The zero-order chi connectivity index (χ0) is 19.6. The van der Waals surface area contributed by atoms with E-state index in [-0.39, 0.29) is 17.7 Å². The third kappa shape index (κ3) is 3.94. The number of nitro groups is 1. The zero-order valence-electron chi connectivity index (χ0n) is 13.7. The minimum atomic E-state index is -0.921. The van der Waals surface area contributed by atoms with Crippen LogP contribution in [0.25, 0.3) is 0 Å². The summed E-state index contributed by atoms with van der Waals surface area (Å²) in [5.74, 6) is -1.51. The molecule has 3 rings (SSSR count). The number of hydrogen-bond acceptors (Lipinski definition) is 6. The molecule has 2 aromatic rings. The average molecular weight is 389 g/mol. The second-order valence-corrected chi connectivity index (χ2v) is 6.14. The van der Waals surface area contributed by atoms with Crippen molar-refractivity contribution in [3.63, 3.8) is 0 Å². The number of halogens is 1. The van der Waals surface area contributed by atoms with Crippen LogP contribution < -0.4 is 15.8 Å². The Morgan fingerprint density at radius 3 is 2.33 bits per heavy atom. The summed E-state index contributed by atoms with van der Waals surface area (Å²) in [6.45, 7) is 0. The minimum absolute atomic E-state index is 0.123. The van der Waals surface area contributed by atoms with E-state index in [9.17, 15) is 24.5 Å². The van der Waals surface area contributed by atoms with Gasteiger partial charge in [0.2, 0.25) is 5.91 Å². The molecule has 1 atom stereocenters. The van der Waals surface area contributed by atoms with Crippen molar-refractivity contribution in [2.75, 3.05) is 4.90 Å². The lowest BCUT2D eigenvalue weighted by atomic mass is 10.2. The van der Waals surface area contributed by atoms with Crippen LogP contribution in [0.1, 0.15) is 16.8 Å². The fourth-order valence-corrected chi connectivity index (χ4v) is 2.69. The Morgan fingerprint density at radius 1 is 1.11 bits per heavy atom. The lowest BCUT2D eigenvalue weighted by Crippen LogP contribution is -2.48. The molecule has 0 radical (unpaired) electrons. The van der Waals surface area contributed by atoms with Gasteiger partial charge in [-0.05, 0) is 36.4 Å². The molecule has 1 unspecified atom stereocenters. The maximum atomic E-state index is 12.5. The number of imide groups is 1. The largest absolute Gasteiger partial charge is 0.287 e. The summed E-state index contributed by atoms with van der Waals surface area (Å²) in [6, 6.07) is 10.3. The van der Waals surface area contributed by atoms with Gasteiger partial charge in [-0.15, -0.1) is 0 Å². The quantitative estimate of drug-likeness (QED) is 0.457. The molecule has 0 saturated carbocycles. The molecule has 0 spiro atoms. The second-order valence-electron chi connectivity index (χ2n) is 5.70. The van der Waals surface area contributed by atoms with Gasteiger partial charge in [-0.25, -0.2) is 10.3 Å². The Kier molecular flexibility index (Phi) is 5.15. The van der Waals surface area contributed by atoms with Gasteiger partial charge in [0.1, 0.15) is 6.04 Å². The molecule has 27 heavy (non-hydrogen) atoms. The van der Waals surface area contributed by atoms with Crippen LogP contribution in [0.3, 0.4) is 0 Å². The van der Waals surface area contributed by atoms with Gasteiger partial charge in [0, 0.05) is 22.7 Å². The second kappa shape index (κ2) is 7.52. The van der Waals surface area contributed by atoms with Crippen molar-refractivity contribution in [3.8, 4) is 0 Å². The third-order valence-corrected chi connectivity index (χ3v) is 4.18. The number of hydrogen-bond donors (Lipinski definition) is 2. The minimum Gasteiger partial charge on any atom is -0.287 e. The SMILES string of the molecule is O=C(NNC1CC(=O)N(c2ccc(Cl)cc2)C1=O)c1ccc([N+](=O)[O-])cc1. The number of carbonyl (C=O) groups is 3. The monoisotopic (exact) mass is 388 g/mol. The van der Waals surface area contributed by atoms with Gasteiger partial charge >= 0.3 is 0 Å². The van der Waals surface area contributed by atoms with Crippen molar-refractivity contribution in [3.05, 3.63) is 69.2 Å². The molecule has 0 bridgehead atoms. The van der Waals surface area contributed by atoms with Crippen LogP contribution in [0.2, 0.25) is 5.02 Å². The lowest BCUT2D eigenvalue weighted by molar-refractivity contribution is -0.384. The summed E-state index contributed by atoms with van der Waals surface area (Å²) >= 11 is 5.80. The van der Waals surface area contributed by atoms with Gasteiger partial charge in [0.25, 0.3) is 17.5 Å². The highest BCUT2D eigenvalue weighted by atomic mass is 35.5. The normalized spacial score (nSPS) is 16.5. The zero-order valence-corrected chi connectivity index (χ0v) is 14.5. The van der Waals surface area contributed by atoms with E-state index in [4.69, 9.17) is 11.6 Å². The van der Waals surface area contributed by atoms with E-state index in [2.05, 4.69) is 10.9 Å². The summed E-state index contributed by atoms with van der Waals surface area (Å²) in [6.07, 6.45) is -0.123. The van der Waals surface area contributed by atoms with Crippen molar-refractivity contribution in [1.29, 1.82) is 0 Å². The molecule has 1 heterocycles. The highest BCUT2D eigenvalue weighted by Crippen LogP contribution is 2.24. The molecule has 2 aromatic carbocycles. The van der Waals surface area contributed by atoms with E-state index in [1.807, 2.05) is 0 Å². The molecule has 9 nitrogen and oxygen atoms in total. The van der Waals surface area contributed by atoms with Crippen molar-refractivity contribution >= 4 is 40.7 Å². The van der Waals surface area contributed by atoms with Gasteiger partial charge in [0.05, 0.1) is 17.0 Å². The highest BCUT2D eigenvalue weighted by Gasteiger charge is 2.39. The first-order valence-corrected chi connectivity index (χ1v) is 8.17. The Balaban J connectivity index is 1.63. The summed E-state index contributed by atoms with van der Waals surface area (Å²) in [7, 11) is 0. The van der Waals surface area contributed by atoms with Crippen LogP contribution in [0.15, 0.2) is 48.5 Å². The number of anilines is 1. The van der Waals surface area contributed by atoms with E-state index in [1.165, 1.54) is 24.3 Å². The van der Waals surface area contributed by atoms with Crippen molar-refractivity contribution in [2.24, 2.45) is 0 Å². The number of nitro benzene ring substituents is 1. The number of amides is 3. The van der Waals surface area contributed by atoms with E-state index < -0.39 is 28.7 Å². The summed E-state index contributed by atoms with van der Waals surface area (Å²) in [5.41, 5.74) is 5.29. The number of non-ortho nitro benzene ring substituents is 1. The molecule has 10 heteroatoms. The molecule has 0 aromatic heterocycles. The Hall–Kier alpha value is -3.30. The number of nitrogens with zero attached hydrogens (tertiary/aromatic N) is 2. The van der Waals surface area contributed by atoms with Crippen LogP contribution in [0.4, 0.5) is 11.4 Å². The molecule has 1 aliphatic rings. The molecular formula is C17H13ClN4O5. The molecule has 138 valence electrons. The summed E-state index contributed by atoms with van der Waals surface area (Å²) < 4.78 is 0. The van der Waals surface area contributed by atoms with E-state index >= 15 is 0 Å². The molecule has 0 aliphatic carbocycles. The smallest absolute Gasteiger partial charge is 0.269 e. The summed E-state index contributed by atoms with van der Waals surface area (Å²) in [4.78, 5) is 47.8. The van der Waals surface area contributed by atoms with E-state index in [0.717, 1.165) is 4.90 Å². The number of carbonyl (C=O) groups excluding carboxylic acids is 3. The topological polar surface area (TPSA) is 122 Å². The standard InChI is InChI=1S/C17H13ClN4O5/c18-11-3-7-12(8-4-11)21-15(23)9-14(17(21)25)19-20-16(24)10-1-5-13(6-2-10)22(26)27/h1-8,14,19H,9H2,(H,20,24). The molecule has 1 saturated heterocycles.